The van der Waals surface area contributed by atoms with Gasteiger partial charge in [-0.1, -0.05) is 0 Å². The molecule has 2 rings (SSSR count). The number of halogens is 1. The zero-order valence-corrected chi connectivity index (χ0v) is 17.6. The fourth-order valence-corrected chi connectivity index (χ4v) is 11.9. The normalized spacial score (nSPS) is 11.0. The van der Waals surface area contributed by atoms with Crippen LogP contribution in [0.4, 0.5) is 0 Å². The first-order chi connectivity index (χ1) is 9.59. The molecule has 2 heteroatoms. The molecule has 0 nitrogen and oxygen atoms in total. The Balaban J connectivity index is 0.00000220. The minimum Gasteiger partial charge on any atom is -1.00 e. The van der Waals surface area contributed by atoms with E-state index in [1.54, 1.807) is 8.70 Å². The smallest absolute Gasteiger partial charge is 1.00 e. The van der Waals surface area contributed by atoms with Gasteiger partial charge in [0.1, 0.15) is 0 Å². The first-order valence-electron chi connectivity index (χ1n) is 7.57. The quantitative estimate of drug-likeness (QED) is 0.471. The maximum absolute atomic E-state index is 2.58. The van der Waals surface area contributed by atoms with Gasteiger partial charge >= 0.3 is 126 Å². The van der Waals surface area contributed by atoms with Crippen LogP contribution in [-0.4, -0.2) is 13.6 Å². The summed E-state index contributed by atoms with van der Waals surface area (Å²) in [6.07, 6.45) is 2.63. The standard InChI is InChI=1S/C19H26As.HI/c1-5-6-15-20(4,18-13-9-7-11-16(18)2)19-14-10-8-12-17(19)3;/h7-14H,5-6,15H2,1-4H3;1H/q+1;/p-1. The van der Waals surface area contributed by atoms with Crippen molar-refractivity contribution in [1.29, 1.82) is 0 Å². The van der Waals surface area contributed by atoms with Crippen LogP contribution in [0.3, 0.4) is 0 Å². The predicted molar refractivity (Wildman–Crippen MR) is 93.0 cm³/mol. The summed E-state index contributed by atoms with van der Waals surface area (Å²) in [6, 6.07) is 18.1. The second kappa shape index (κ2) is 8.38. The monoisotopic (exact) mass is 456 g/mol. The molecule has 0 bridgehead atoms. The average Bonchev–Trinajstić information content (AvgIpc) is 2.46. The Morgan fingerprint density at radius 2 is 1.24 bits per heavy atom. The Bertz CT molecular complexity index is 532. The molecule has 0 saturated carbocycles. The third kappa shape index (κ3) is 4.13. The van der Waals surface area contributed by atoms with Crippen molar-refractivity contribution in [3.05, 3.63) is 59.7 Å². The molecule has 0 fully saturated rings. The van der Waals surface area contributed by atoms with Crippen molar-refractivity contribution in [3.63, 3.8) is 0 Å². The molecule has 0 spiro atoms. The zero-order valence-electron chi connectivity index (χ0n) is 13.6. The molecule has 0 saturated heterocycles. The van der Waals surface area contributed by atoms with Crippen LogP contribution in [0, 0.1) is 13.8 Å². The minimum atomic E-state index is -2.02. The van der Waals surface area contributed by atoms with Crippen LogP contribution >= 0.6 is 0 Å². The molecular weight excluding hydrogens is 430 g/mol. The van der Waals surface area contributed by atoms with Crippen LogP contribution in [0.25, 0.3) is 0 Å². The van der Waals surface area contributed by atoms with E-state index in [9.17, 15) is 0 Å². The molecule has 2 aromatic carbocycles. The van der Waals surface area contributed by atoms with Crippen molar-refractivity contribution in [2.75, 3.05) is 0 Å². The van der Waals surface area contributed by atoms with Crippen molar-refractivity contribution < 1.29 is 24.0 Å². The Morgan fingerprint density at radius 3 is 1.62 bits per heavy atom. The van der Waals surface area contributed by atoms with E-state index in [2.05, 4.69) is 75.0 Å². The molecule has 114 valence electrons. The van der Waals surface area contributed by atoms with Crippen LogP contribution in [0.1, 0.15) is 30.9 Å². The summed E-state index contributed by atoms with van der Waals surface area (Å²) in [5, 5.41) is 1.38. The molecule has 0 aliphatic heterocycles. The van der Waals surface area contributed by atoms with Crippen LogP contribution in [0.2, 0.25) is 10.9 Å². The van der Waals surface area contributed by atoms with E-state index in [-0.39, 0.29) is 24.0 Å². The number of unbranched alkanes of at least 4 members (excludes halogenated alkanes) is 1. The fourth-order valence-electron chi connectivity index (χ4n) is 3.08. The number of hydrogen-bond acceptors (Lipinski definition) is 0. The van der Waals surface area contributed by atoms with Crippen molar-refractivity contribution in [2.24, 2.45) is 0 Å². The van der Waals surface area contributed by atoms with Crippen molar-refractivity contribution in [3.8, 4) is 0 Å². The first kappa shape index (κ1) is 18.8. The van der Waals surface area contributed by atoms with E-state index in [1.807, 2.05) is 0 Å². The molecule has 0 aliphatic carbocycles. The summed E-state index contributed by atoms with van der Waals surface area (Å²) in [6.45, 7) is 6.86. The maximum atomic E-state index is 2.58. The summed E-state index contributed by atoms with van der Waals surface area (Å²) in [7, 11) is 0. The minimum absolute atomic E-state index is 0. The van der Waals surface area contributed by atoms with Gasteiger partial charge in [-0.15, -0.1) is 0 Å². The first-order valence-corrected chi connectivity index (χ1v) is 12.7. The summed E-state index contributed by atoms with van der Waals surface area (Å²) < 4.78 is 3.29. The third-order valence-electron chi connectivity index (χ3n) is 4.25. The van der Waals surface area contributed by atoms with Crippen LogP contribution in [-0.2, 0) is 0 Å². The Labute approximate surface area is 149 Å². The Morgan fingerprint density at radius 1 is 0.810 bits per heavy atom. The number of aryl methyl sites for hydroxylation is 2. The second-order valence-electron chi connectivity index (χ2n) is 5.84. The molecule has 0 amide bonds. The van der Waals surface area contributed by atoms with Gasteiger partial charge in [-0.2, -0.15) is 0 Å². The summed E-state index contributed by atoms with van der Waals surface area (Å²) in [4.78, 5) is 0. The Hall–Kier alpha value is -0.272. The third-order valence-corrected chi connectivity index (χ3v) is 13.4. The molecule has 0 aromatic heterocycles. The summed E-state index contributed by atoms with van der Waals surface area (Å²) in [5.74, 6) is 0. The summed E-state index contributed by atoms with van der Waals surface area (Å²) >= 11 is -2.02. The van der Waals surface area contributed by atoms with E-state index >= 15 is 0 Å². The molecule has 0 aliphatic rings. The maximum Gasteiger partial charge on any atom is -1.00 e. The molecule has 0 atom stereocenters. The number of rotatable bonds is 5. The molecule has 0 heterocycles. The van der Waals surface area contributed by atoms with Crippen LogP contribution < -0.4 is 32.7 Å². The van der Waals surface area contributed by atoms with E-state index in [1.165, 1.54) is 29.2 Å². The molecule has 0 N–H and O–H groups in total. The molecule has 0 unspecified atom stereocenters. The Kier molecular flexibility index (Phi) is 7.50. The molecule has 2 aromatic rings. The predicted octanol–water partition coefficient (Wildman–Crippen LogP) is 1.30. The van der Waals surface area contributed by atoms with Gasteiger partial charge < -0.3 is 24.0 Å². The average molecular weight is 456 g/mol. The number of hydrogen-bond donors (Lipinski definition) is 0. The van der Waals surface area contributed by atoms with E-state index in [4.69, 9.17) is 0 Å². The van der Waals surface area contributed by atoms with Crippen LogP contribution in [0.15, 0.2) is 48.5 Å². The second-order valence-corrected chi connectivity index (χ2v) is 13.8. The fraction of sp³-hybridized carbons (Fsp3) is 0.368. The summed E-state index contributed by atoms with van der Waals surface area (Å²) in [5.41, 5.74) is 5.53. The topological polar surface area (TPSA) is 0 Å². The van der Waals surface area contributed by atoms with Gasteiger partial charge in [0.2, 0.25) is 0 Å². The molecule has 0 radical (unpaired) electrons. The van der Waals surface area contributed by atoms with Gasteiger partial charge in [0, 0.05) is 0 Å². The van der Waals surface area contributed by atoms with Gasteiger partial charge in [0.25, 0.3) is 0 Å². The van der Waals surface area contributed by atoms with Gasteiger partial charge in [-0.25, -0.2) is 0 Å². The van der Waals surface area contributed by atoms with Crippen molar-refractivity contribution >= 4 is 22.3 Å². The SMILES string of the molecule is CCCC[As+](C)(c1ccccc1C)c1ccccc1C.[I-]. The van der Waals surface area contributed by atoms with Crippen molar-refractivity contribution in [1.82, 2.24) is 0 Å². The van der Waals surface area contributed by atoms with Gasteiger partial charge in [0.15, 0.2) is 0 Å². The van der Waals surface area contributed by atoms with Gasteiger partial charge in [0.05, 0.1) is 0 Å². The molecule has 21 heavy (non-hydrogen) atoms. The van der Waals surface area contributed by atoms with E-state index in [0.29, 0.717) is 0 Å². The number of benzene rings is 2. The van der Waals surface area contributed by atoms with Crippen molar-refractivity contribution in [2.45, 2.75) is 44.5 Å². The largest absolute Gasteiger partial charge is 1.00 e. The van der Waals surface area contributed by atoms with Crippen LogP contribution in [0.5, 0.6) is 0 Å². The van der Waals surface area contributed by atoms with E-state index in [0.717, 1.165) is 0 Å². The van der Waals surface area contributed by atoms with Gasteiger partial charge in [-0.05, 0) is 0 Å². The molecular formula is C19H26AsI. The van der Waals surface area contributed by atoms with Gasteiger partial charge in [-0.3, -0.25) is 0 Å². The zero-order chi connectivity index (χ0) is 14.6. The van der Waals surface area contributed by atoms with E-state index < -0.39 is 13.6 Å².